The van der Waals surface area contributed by atoms with Gasteiger partial charge < -0.3 is 5.11 Å². The van der Waals surface area contributed by atoms with E-state index >= 15 is 0 Å². The number of aliphatic hydroxyl groups excluding tert-OH is 1. The van der Waals surface area contributed by atoms with Crippen LogP contribution in [-0.2, 0) is 0 Å². The van der Waals surface area contributed by atoms with Crippen LogP contribution in [0.3, 0.4) is 0 Å². The van der Waals surface area contributed by atoms with Crippen LogP contribution in [0.15, 0.2) is 11.6 Å². The number of rotatable bonds is 0. The first-order valence-corrected chi connectivity index (χ1v) is 8.92. The molecular formula is C19H30O. The van der Waals surface area contributed by atoms with Crippen molar-refractivity contribution in [1.82, 2.24) is 0 Å². The Labute approximate surface area is 123 Å². The highest BCUT2D eigenvalue weighted by Crippen LogP contribution is 2.64. The number of fused-ring (bicyclic) bond motifs is 5. The minimum Gasteiger partial charge on any atom is -0.393 e. The molecule has 1 nitrogen and oxygen atoms in total. The van der Waals surface area contributed by atoms with E-state index in [-0.39, 0.29) is 6.10 Å². The van der Waals surface area contributed by atoms with E-state index in [4.69, 9.17) is 0 Å². The van der Waals surface area contributed by atoms with Gasteiger partial charge in [-0.25, -0.2) is 0 Å². The molecule has 0 amide bonds. The van der Waals surface area contributed by atoms with Crippen LogP contribution in [0.2, 0.25) is 0 Å². The molecule has 0 aromatic rings. The van der Waals surface area contributed by atoms with E-state index in [1.54, 1.807) is 5.57 Å². The molecule has 4 aliphatic carbocycles. The van der Waals surface area contributed by atoms with Gasteiger partial charge in [0, 0.05) is 0 Å². The van der Waals surface area contributed by atoms with Gasteiger partial charge in [-0.05, 0) is 73.5 Å². The maximum Gasteiger partial charge on any atom is 0.0584 e. The highest BCUT2D eigenvalue weighted by Gasteiger charge is 2.58. The Hall–Kier alpha value is -0.300. The van der Waals surface area contributed by atoms with Crippen molar-refractivity contribution in [3.63, 3.8) is 0 Å². The summed E-state index contributed by atoms with van der Waals surface area (Å²) < 4.78 is 0. The summed E-state index contributed by atoms with van der Waals surface area (Å²) in [5.74, 6) is 2.20. The fourth-order valence-corrected chi connectivity index (χ4v) is 6.84. The van der Waals surface area contributed by atoms with Gasteiger partial charge in [-0.2, -0.15) is 0 Å². The molecule has 0 spiro atoms. The fourth-order valence-electron chi connectivity index (χ4n) is 6.84. The Morgan fingerprint density at radius 3 is 2.85 bits per heavy atom. The molecule has 0 heterocycles. The fraction of sp³-hybridized carbons (Fsp3) is 0.895. The first-order valence-electron chi connectivity index (χ1n) is 8.92. The average Bonchev–Trinajstić information content (AvgIpc) is 2.78. The van der Waals surface area contributed by atoms with Crippen molar-refractivity contribution in [3.05, 3.63) is 11.6 Å². The molecule has 20 heavy (non-hydrogen) atoms. The summed E-state index contributed by atoms with van der Waals surface area (Å²) in [6, 6.07) is 0. The Morgan fingerprint density at radius 1 is 1.15 bits per heavy atom. The van der Waals surface area contributed by atoms with Gasteiger partial charge in [-0.15, -0.1) is 0 Å². The van der Waals surface area contributed by atoms with E-state index in [1.165, 1.54) is 51.4 Å². The van der Waals surface area contributed by atoms with E-state index in [2.05, 4.69) is 19.9 Å². The maximum atomic E-state index is 11.0. The number of hydrogen-bond donors (Lipinski definition) is 1. The zero-order valence-electron chi connectivity index (χ0n) is 13.2. The predicted molar refractivity (Wildman–Crippen MR) is 82.3 cm³/mol. The molecule has 3 fully saturated rings. The van der Waals surface area contributed by atoms with E-state index in [0.717, 1.165) is 18.3 Å². The van der Waals surface area contributed by atoms with Crippen LogP contribution in [0.25, 0.3) is 0 Å². The van der Waals surface area contributed by atoms with Crippen LogP contribution in [0.4, 0.5) is 0 Å². The molecule has 0 aromatic carbocycles. The third-order valence-corrected chi connectivity index (χ3v) is 7.72. The van der Waals surface area contributed by atoms with Gasteiger partial charge in [0.1, 0.15) is 0 Å². The third-order valence-electron chi connectivity index (χ3n) is 7.72. The highest BCUT2D eigenvalue weighted by atomic mass is 16.3. The van der Waals surface area contributed by atoms with Crippen molar-refractivity contribution < 1.29 is 5.11 Å². The minimum absolute atomic E-state index is 0.0499. The summed E-state index contributed by atoms with van der Waals surface area (Å²) >= 11 is 0. The molecule has 4 aliphatic rings. The standard InChI is InChI=1S/C19H30O/c1-18-10-5-7-15(18)14-9-8-13-6-3-4-11-19(13,2)17(14)16(20)12-18/h8,14-17,20H,3-7,9-12H2,1-2H3/t14-,15-,16-,17+,18-,19-/m0/s1. The van der Waals surface area contributed by atoms with Gasteiger partial charge in [0.15, 0.2) is 0 Å². The topological polar surface area (TPSA) is 20.2 Å². The van der Waals surface area contributed by atoms with Crippen LogP contribution >= 0.6 is 0 Å². The van der Waals surface area contributed by atoms with E-state index in [9.17, 15) is 5.11 Å². The molecule has 0 unspecified atom stereocenters. The van der Waals surface area contributed by atoms with Crippen molar-refractivity contribution in [1.29, 1.82) is 0 Å². The Kier molecular flexibility index (Phi) is 2.91. The van der Waals surface area contributed by atoms with Crippen LogP contribution in [0, 0.1) is 28.6 Å². The summed E-state index contributed by atoms with van der Waals surface area (Å²) in [4.78, 5) is 0. The number of allylic oxidation sites excluding steroid dienone is 2. The second-order valence-corrected chi connectivity index (χ2v) is 8.70. The van der Waals surface area contributed by atoms with Crippen molar-refractivity contribution in [3.8, 4) is 0 Å². The third kappa shape index (κ3) is 1.65. The molecule has 1 heteroatoms. The monoisotopic (exact) mass is 274 g/mol. The summed E-state index contributed by atoms with van der Waals surface area (Å²) in [5.41, 5.74) is 2.47. The van der Waals surface area contributed by atoms with Gasteiger partial charge in [0.2, 0.25) is 0 Å². The van der Waals surface area contributed by atoms with Crippen molar-refractivity contribution >= 4 is 0 Å². The van der Waals surface area contributed by atoms with E-state index < -0.39 is 0 Å². The Balaban J connectivity index is 1.75. The molecule has 0 saturated heterocycles. The second-order valence-electron chi connectivity index (χ2n) is 8.70. The predicted octanol–water partition coefficient (Wildman–Crippen LogP) is 4.70. The molecule has 0 aromatic heterocycles. The second kappa shape index (κ2) is 4.35. The smallest absolute Gasteiger partial charge is 0.0584 e. The SMILES string of the molecule is C[C@@]12CCC[C@H]1[C@@H]1CC=C3CCCC[C@]3(C)[C@H]1[C@@H](O)C2. The summed E-state index contributed by atoms with van der Waals surface area (Å²) in [6.45, 7) is 4.95. The van der Waals surface area contributed by atoms with E-state index in [1.807, 2.05) is 0 Å². The zero-order chi connectivity index (χ0) is 14.0. The quantitative estimate of drug-likeness (QED) is 0.635. The van der Waals surface area contributed by atoms with Crippen LogP contribution < -0.4 is 0 Å². The molecule has 1 N–H and O–H groups in total. The van der Waals surface area contributed by atoms with Crippen LogP contribution in [-0.4, -0.2) is 11.2 Å². The van der Waals surface area contributed by atoms with Gasteiger partial charge >= 0.3 is 0 Å². The highest BCUT2D eigenvalue weighted by molar-refractivity contribution is 5.25. The van der Waals surface area contributed by atoms with Crippen LogP contribution in [0.5, 0.6) is 0 Å². The van der Waals surface area contributed by atoms with Crippen molar-refractivity contribution in [2.24, 2.45) is 28.6 Å². The summed E-state index contributed by atoms with van der Waals surface area (Å²) in [5, 5.41) is 11.0. The largest absolute Gasteiger partial charge is 0.393 e. The normalized spacial score (nSPS) is 54.6. The van der Waals surface area contributed by atoms with E-state index in [0.29, 0.717) is 16.7 Å². The maximum absolute atomic E-state index is 11.0. The number of aliphatic hydroxyl groups is 1. The molecule has 0 bridgehead atoms. The molecule has 112 valence electrons. The van der Waals surface area contributed by atoms with Crippen molar-refractivity contribution in [2.75, 3.05) is 0 Å². The average molecular weight is 274 g/mol. The van der Waals surface area contributed by atoms with Gasteiger partial charge in [-0.1, -0.05) is 38.3 Å². The summed E-state index contributed by atoms with van der Waals surface area (Å²) in [6.07, 6.45) is 14.4. The lowest BCUT2D eigenvalue weighted by atomic mass is 9.47. The number of hydrogen-bond acceptors (Lipinski definition) is 1. The molecule has 0 aliphatic heterocycles. The molecule has 4 rings (SSSR count). The first-order chi connectivity index (χ1) is 9.55. The molecule has 6 atom stereocenters. The Morgan fingerprint density at radius 2 is 2.00 bits per heavy atom. The van der Waals surface area contributed by atoms with Gasteiger partial charge in [0.25, 0.3) is 0 Å². The molecule has 3 saturated carbocycles. The lowest BCUT2D eigenvalue weighted by Gasteiger charge is -2.58. The van der Waals surface area contributed by atoms with Crippen LogP contribution in [0.1, 0.15) is 71.6 Å². The Bertz CT molecular complexity index is 439. The van der Waals surface area contributed by atoms with Crippen molar-refractivity contribution in [2.45, 2.75) is 77.7 Å². The van der Waals surface area contributed by atoms with Gasteiger partial charge in [0.05, 0.1) is 6.10 Å². The molecule has 0 radical (unpaired) electrons. The zero-order valence-corrected chi connectivity index (χ0v) is 13.2. The lowest BCUT2D eigenvalue weighted by molar-refractivity contribution is -0.110. The summed E-state index contributed by atoms with van der Waals surface area (Å²) in [7, 11) is 0. The first kappa shape index (κ1) is 13.4. The lowest BCUT2D eigenvalue weighted by Crippen LogP contribution is -2.54. The molecular weight excluding hydrogens is 244 g/mol. The van der Waals surface area contributed by atoms with Gasteiger partial charge in [-0.3, -0.25) is 0 Å². The minimum atomic E-state index is -0.0499.